The van der Waals surface area contributed by atoms with Crippen LogP contribution >= 0.6 is 0 Å². The van der Waals surface area contributed by atoms with Gasteiger partial charge in [-0.15, -0.1) is 0 Å². The lowest BCUT2D eigenvalue weighted by atomic mass is 9.83. The van der Waals surface area contributed by atoms with Crippen LogP contribution in [-0.2, 0) is 16.0 Å². The van der Waals surface area contributed by atoms with Gasteiger partial charge in [-0.05, 0) is 47.2 Å². The van der Waals surface area contributed by atoms with Crippen molar-refractivity contribution in [2.24, 2.45) is 0 Å². The fourth-order valence-corrected chi connectivity index (χ4v) is 3.71. The van der Waals surface area contributed by atoms with Crippen molar-refractivity contribution in [3.63, 3.8) is 0 Å². The summed E-state index contributed by atoms with van der Waals surface area (Å²) in [5.41, 5.74) is 0.413. The molecule has 1 saturated heterocycles. The molecule has 0 spiro atoms. The number of aryl methyl sites for hydroxylation is 1. The maximum Gasteiger partial charge on any atom is 0.342 e. The first kappa shape index (κ1) is 15.4. The standard InChI is InChI=1S/C20H20O4/c21-18-16(11-20(23)12-17(18)24-19(20)22)7-3-4-13-8-9-14-5-1-2-6-15(14)10-13/h1-2,5-6,8-11,17-18,21,23H,3-4,7,12H2/t17-,18-,20+/m1/s1. The molecule has 0 radical (unpaired) electrons. The van der Waals surface area contributed by atoms with Crippen molar-refractivity contribution in [2.45, 2.75) is 43.5 Å². The van der Waals surface area contributed by atoms with E-state index in [0.717, 1.165) is 12.8 Å². The Morgan fingerprint density at radius 2 is 1.92 bits per heavy atom. The molecular weight excluding hydrogens is 304 g/mol. The Labute approximate surface area is 140 Å². The molecule has 124 valence electrons. The molecule has 0 saturated carbocycles. The molecule has 2 aromatic rings. The topological polar surface area (TPSA) is 66.8 Å². The fourth-order valence-electron chi connectivity index (χ4n) is 3.71. The van der Waals surface area contributed by atoms with E-state index in [4.69, 9.17) is 4.74 Å². The average molecular weight is 324 g/mol. The molecule has 0 amide bonds. The maximum atomic E-state index is 11.7. The van der Waals surface area contributed by atoms with Crippen molar-refractivity contribution in [3.8, 4) is 0 Å². The van der Waals surface area contributed by atoms with Gasteiger partial charge >= 0.3 is 5.97 Å². The number of ether oxygens (including phenoxy) is 1. The van der Waals surface area contributed by atoms with Crippen LogP contribution in [0.5, 0.6) is 0 Å². The van der Waals surface area contributed by atoms with Crippen molar-refractivity contribution in [1.82, 2.24) is 0 Å². The van der Waals surface area contributed by atoms with Crippen LogP contribution in [0.4, 0.5) is 0 Å². The van der Waals surface area contributed by atoms with Gasteiger partial charge in [-0.1, -0.05) is 42.5 Å². The van der Waals surface area contributed by atoms with Crippen molar-refractivity contribution < 1.29 is 19.7 Å². The monoisotopic (exact) mass is 324 g/mol. The van der Waals surface area contributed by atoms with Crippen molar-refractivity contribution in [2.75, 3.05) is 0 Å². The zero-order chi connectivity index (χ0) is 16.7. The highest BCUT2D eigenvalue weighted by Crippen LogP contribution is 2.38. The summed E-state index contributed by atoms with van der Waals surface area (Å²) >= 11 is 0. The SMILES string of the molecule is O=C1O[C@@H]2C[C@@]1(O)C=C(CCCc1ccc3ccccc3c1)[C@H]2O. The van der Waals surface area contributed by atoms with E-state index in [0.29, 0.717) is 12.0 Å². The third-order valence-corrected chi connectivity index (χ3v) is 5.03. The van der Waals surface area contributed by atoms with Crippen LogP contribution in [0.25, 0.3) is 10.8 Å². The molecule has 24 heavy (non-hydrogen) atoms. The van der Waals surface area contributed by atoms with Gasteiger partial charge in [-0.2, -0.15) is 0 Å². The van der Waals surface area contributed by atoms with Crippen LogP contribution < -0.4 is 0 Å². The van der Waals surface area contributed by atoms with E-state index in [1.807, 2.05) is 12.1 Å². The Morgan fingerprint density at radius 3 is 2.75 bits per heavy atom. The van der Waals surface area contributed by atoms with Crippen LogP contribution in [0.15, 0.2) is 54.1 Å². The van der Waals surface area contributed by atoms with Crippen molar-refractivity contribution >= 4 is 16.7 Å². The van der Waals surface area contributed by atoms with Crippen LogP contribution in [0.3, 0.4) is 0 Å². The highest BCUT2D eigenvalue weighted by atomic mass is 16.6. The third-order valence-electron chi connectivity index (χ3n) is 5.03. The van der Waals surface area contributed by atoms with Gasteiger partial charge in [0.25, 0.3) is 0 Å². The number of aliphatic hydroxyl groups is 2. The molecule has 4 heteroatoms. The zero-order valence-electron chi connectivity index (χ0n) is 13.3. The highest BCUT2D eigenvalue weighted by molar-refractivity contribution is 5.85. The number of esters is 1. The summed E-state index contributed by atoms with van der Waals surface area (Å²) in [6.45, 7) is 0. The van der Waals surface area contributed by atoms with Gasteiger partial charge < -0.3 is 14.9 Å². The van der Waals surface area contributed by atoms with Crippen LogP contribution in [0, 0.1) is 0 Å². The number of aliphatic hydroxyl groups excluding tert-OH is 1. The summed E-state index contributed by atoms with van der Waals surface area (Å²) in [6, 6.07) is 14.7. The molecule has 4 nitrogen and oxygen atoms in total. The van der Waals surface area contributed by atoms with Gasteiger partial charge in [-0.25, -0.2) is 4.79 Å². The maximum absolute atomic E-state index is 11.7. The quantitative estimate of drug-likeness (QED) is 0.670. The summed E-state index contributed by atoms with van der Waals surface area (Å²) in [7, 11) is 0. The summed E-state index contributed by atoms with van der Waals surface area (Å²) in [6.07, 6.45) is 2.62. The normalized spacial score (nSPS) is 28.8. The molecule has 1 aliphatic heterocycles. The molecule has 1 fully saturated rings. The molecule has 4 rings (SSSR count). The molecule has 3 atom stereocenters. The minimum Gasteiger partial charge on any atom is -0.457 e. The zero-order valence-corrected chi connectivity index (χ0v) is 13.3. The van der Waals surface area contributed by atoms with E-state index in [9.17, 15) is 15.0 Å². The number of hydrogen-bond acceptors (Lipinski definition) is 4. The Hall–Kier alpha value is -2.17. The molecular formula is C20H20O4. The molecule has 0 aromatic heterocycles. The predicted octanol–water partition coefficient (Wildman–Crippen LogP) is 2.51. The minimum absolute atomic E-state index is 0.154. The molecule has 2 bridgehead atoms. The van der Waals surface area contributed by atoms with Gasteiger partial charge in [0.15, 0.2) is 5.60 Å². The Kier molecular flexibility index (Phi) is 3.66. The first-order valence-electron chi connectivity index (χ1n) is 8.36. The number of carbonyl (C=O) groups excluding carboxylic acids is 1. The Morgan fingerprint density at radius 1 is 1.12 bits per heavy atom. The van der Waals surface area contributed by atoms with E-state index >= 15 is 0 Å². The third kappa shape index (κ3) is 2.62. The molecule has 2 aromatic carbocycles. The second-order valence-corrected chi connectivity index (χ2v) is 6.77. The number of fused-ring (bicyclic) bond motifs is 3. The molecule has 1 heterocycles. The second kappa shape index (κ2) is 5.72. The van der Waals surface area contributed by atoms with Gasteiger partial charge in [0.1, 0.15) is 12.2 Å². The van der Waals surface area contributed by atoms with Gasteiger partial charge in [-0.3, -0.25) is 0 Å². The number of benzene rings is 2. The summed E-state index contributed by atoms with van der Waals surface area (Å²) < 4.78 is 5.05. The molecule has 1 aliphatic carbocycles. The van der Waals surface area contributed by atoms with E-state index in [-0.39, 0.29) is 6.42 Å². The average Bonchev–Trinajstić information content (AvgIpc) is 2.84. The van der Waals surface area contributed by atoms with E-state index in [1.165, 1.54) is 22.4 Å². The summed E-state index contributed by atoms with van der Waals surface area (Å²) in [5, 5.41) is 23.0. The second-order valence-electron chi connectivity index (χ2n) is 6.77. The summed E-state index contributed by atoms with van der Waals surface area (Å²) in [4.78, 5) is 11.7. The first-order valence-corrected chi connectivity index (χ1v) is 8.36. The van der Waals surface area contributed by atoms with Gasteiger partial charge in [0.2, 0.25) is 0 Å². The van der Waals surface area contributed by atoms with E-state index in [1.54, 1.807) is 0 Å². The Bertz CT molecular complexity index is 825. The van der Waals surface area contributed by atoms with Crippen LogP contribution in [0.2, 0.25) is 0 Å². The lowest BCUT2D eigenvalue weighted by Crippen LogP contribution is -2.38. The lowest BCUT2D eigenvalue weighted by Gasteiger charge is -2.26. The smallest absolute Gasteiger partial charge is 0.342 e. The number of rotatable bonds is 4. The molecule has 2 aliphatic rings. The van der Waals surface area contributed by atoms with Gasteiger partial charge in [0, 0.05) is 6.42 Å². The van der Waals surface area contributed by atoms with Crippen LogP contribution in [-0.4, -0.2) is 34.0 Å². The number of hydrogen-bond donors (Lipinski definition) is 2. The van der Waals surface area contributed by atoms with Gasteiger partial charge in [0.05, 0.1) is 0 Å². The number of carbonyl (C=O) groups is 1. The largest absolute Gasteiger partial charge is 0.457 e. The lowest BCUT2D eigenvalue weighted by molar-refractivity contribution is -0.152. The fraction of sp³-hybridized carbons (Fsp3) is 0.350. The predicted molar refractivity (Wildman–Crippen MR) is 90.4 cm³/mol. The van der Waals surface area contributed by atoms with Crippen LogP contribution in [0.1, 0.15) is 24.8 Å². The first-order chi connectivity index (χ1) is 11.5. The highest BCUT2D eigenvalue weighted by Gasteiger charge is 2.52. The van der Waals surface area contributed by atoms with E-state index in [2.05, 4.69) is 30.3 Å². The Balaban J connectivity index is 1.44. The molecule has 0 unspecified atom stereocenters. The van der Waals surface area contributed by atoms with E-state index < -0.39 is 23.8 Å². The minimum atomic E-state index is -1.54. The molecule has 2 N–H and O–H groups in total. The summed E-state index contributed by atoms with van der Waals surface area (Å²) in [5.74, 6) is -0.643. The van der Waals surface area contributed by atoms with Crippen molar-refractivity contribution in [1.29, 1.82) is 0 Å². The van der Waals surface area contributed by atoms with Crippen molar-refractivity contribution in [3.05, 3.63) is 59.7 Å².